The van der Waals surface area contributed by atoms with Crippen LogP contribution in [0.2, 0.25) is 0 Å². The summed E-state index contributed by atoms with van der Waals surface area (Å²) >= 11 is 0. The van der Waals surface area contributed by atoms with Gasteiger partial charge < -0.3 is 10.6 Å². The SMILES string of the molecule is c1ccc(-c2nnc(C3CNCCN3)nc2-c2ccccc2)cc1. The summed E-state index contributed by atoms with van der Waals surface area (Å²) in [6.07, 6.45) is 0. The van der Waals surface area contributed by atoms with Crippen molar-refractivity contribution in [3.63, 3.8) is 0 Å². The van der Waals surface area contributed by atoms with Gasteiger partial charge in [0.25, 0.3) is 0 Å². The standard InChI is InChI=1S/C19H19N5/c1-3-7-14(8-4-1)17-18(15-9-5-2-6-10-15)23-24-19(22-17)16-13-20-11-12-21-16/h1-10,16,20-21H,11-13H2. The van der Waals surface area contributed by atoms with Crippen LogP contribution in [0.1, 0.15) is 11.9 Å². The monoisotopic (exact) mass is 317 g/mol. The third kappa shape index (κ3) is 3.04. The van der Waals surface area contributed by atoms with Gasteiger partial charge in [-0.25, -0.2) is 4.98 Å². The Morgan fingerprint density at radius 2 is 1.42 bits per heavy atom. The molecule has 0 saturated carbocycles. The highest BCUT2D eigenvalue weighted by Crippen LogP contribution is 2.28. The van der Waals surface area contributed by atoms with Crippen molar-refractivity contribution < 1.29 is 0 Å². The molecule has 120 valence electrons. The molecule has 1 aromatic heterocycles. The third-order valence-electron chi connectivity index (χ3n) is 4.15. The highest BCUT2D eigenvalue weighted by molar-refractivity contribution is 5.77. The Morgan fingerprint density at radius 3 is 2.04 bits per heavy atom. The number of benzene rings is 2. The van der Waals surface area contributed by atoms with E-state index in [0.29, 0.717) is 0 Å². The Hall–Kier alpha value is -2.63. The van der Waals surface area contributed by atoms with Gasteiger partial charge in [-0.05, 0) is 0 Å². The first-order chi connectivity index (χ1) is 11.9. The zero-order valence-corrected chi connectivity index (χ0v) is 13.3. The average Bonchev–Trinajstić information content (AvgIpc) is 2.69. The van der Waals surface area contributed by atoms with Gasteiger partial charge >= 0.3 is 0 Å². The molecule has 0 aliphatic carbocycles. The summed E-state index contributed by atoms with van der Waals surface area (Å²) in [4.78, 5) is 4.87. The lowest BCUT2D eigenvalue weighted by Gasteiger charge is -2.23. The average molecular weight is 317 g/mol. The highest BCUT2D eigenvalue weighted by Gasteiger charge is 2.20. The van der Waals surface area contributed by atoms with Crippen molar-refractivity contribution >= 4 is 0 Å². The quantitative estimate of drug-likeness (QED) is 0.777. The molecule has 1 saturated heterocycles. The summed E-state index contributed by atoms with van der Waals surface area (Å²) in [5.41, 5.74) is 3.77. The van der Waals surface area contributed by atoms with Crippen LogP contribution in [0, 0.1) is 0 Å². The van der Waals surface area contributed by atoms with Crippen LogP contribution in [-0.2, 0) is 0 Å². The lowest BCUT2D eigenvalue weighted by atomic mass is 10.0. The van der Waals surface area contributed by atoms with Crippen molar-refractivity contribution in [1.82, 2.24) is 25.8 Å². The molecule has 1 aliphatic heterocycles. The number of aromatic nitrogens is 3. The van der Waals surface area contributed by atoms with E-state index in [0.717, 1.165) is 48.0 Å². The fourth-order valence-electron chi connectivity index (χ4n) is 2.91. The minimum atomic E-state index is 0.0959. The molecule has 2 N–H and O–H groups in total. The molecule has 24 heavy (non-hydrogen) atoms. The molecule has 1 unspecified atom stereocenters. The maximum atomic E-state index is 4.87. The van der Waals surface area contributed by atoms with Crippen LogP contribution >= 0.6 is 0 Å². The maximum absolute atomic E-state index is 4.87. The summed E-state index contributed by atoms with van der Waals surface area (Å²) in [5.74, 6) is 0.737. The number of piperazine rings is 1. The Bertz CT molecular complexity index is 799. The van der Waals surface area contributed by atoms with Crippen molar-refractivity contribution in [2.75, 3.05) is 19.6 Å². The molecule has 0 bridgehead atoms. The van der Waals surface area contributed by atoms with Gasteiger partial charge in [-0.3, -0.25) is 0 Å². The summed E-state index contributed by atoms with van der Waals surface area (Å²) < 4.78 is 0. The van der Waals surface area contributed by atoms with Gasteiger partial charge in [0.05, 0.1) is 6.04 Å². The first-order valence-corrected chi connectivity index (χ1v) is 8.21. The molecule has 0 radical (unpaired) electrons. The predicted octanol–water partition coefficient (Wildman–Crippen LogP) is 2.44. The maximum Gasteiger partial charge on any atom is 0.169 e. The molecule has 0 amide bonds. The molecule has 1 atom stereocenters. The van der Waals surface area contributed by atoms with E-state index >= 15 is 0 Å². The second-order valence-corrected chi connectivity index (χ2v) is 5.81. The van der Waals surface area contributed by atoms with E-state index < -0.39 is 0 Å². The first kappa shape index (κ1) is 14.9. The van der Waals surface area contributed by atoms with Crippen LogP contribution in [-0.4, -0.2) is 34.8 Å². The zero-order valence-electron chi connectivity index (χ0n) is 13.3. The zero-order chi connectivity index (χ0) is 16.2. The van der Waals surface area contributed by atoms with E-state index in [1.165, 1.54) is 0 Å². The smallest absolute Gasteiger partial charge is 0.169 e. The van der Waals surface area contributed by atoms with Crippen molar-refractivity contribution in [2.24, 2.45) is 0 Å². The molecule has 1 fully saturated rings. The fraction of sp³-hybridized carbons (Fsp3) is 0.211. The summed E-state index contributed by atoms with van der Waals surface area (Å²) in [6, 6.07) is 20.4. The fourth-order valence-corrected chi connectivity index (χ4v) is 2.91. The van der Waals surface area contributed by atoms with E-state index in [9.17, 15) is 0 Å². The largest absolute Gasteiger partial charge is 0.313 e. The molecule has 1 aliphatic rings. The van der Waals surface area contributed by atoms with Gasteiger partial charge in [0.2, 0.25) is 0 Å². The highest BCUT2D eigenvalue weighted by atomic mass is 15.2. The van der Waals surface area contributed by atoms with Crippen LogP contribution in [0.15, 0.2) is 60.7 Å². The number of hydrogen-bond donors (Lipinski definition) is 2. The van der Waals surface area contributed by atoms with Crippen LogP contribution in [0.3, 0.4) is 0 Å². The van der Waals surface area contributed by atoms with Crippen LogP contribution < -0.4 is 10.6 Å². The molecule has 3 aromatic rings. The molecule has 5 nitrogen and oxygen atoms in total. The van der Waals surface area contributed by atoms with Crippen molar-refractivity contribution in [2.45, 2.75) is 6.04 Å². The predicted molar refractivity (Wildman–Crippen MR) is 94.3 cm³/mol. The van der Waals surface area contributed by atoms with E-state index in [4.69, 9.17) is 4.98 Å². The normalized spacial score (nSPS) is 17.6. The second kappa shape index (κ2) is 6.86. The number of rotatable bonds is 3. The lowest BCUT2D eigenvalue weighted by molar-refractivity contribution is 0.412. The van der Waals surface area contributed by atoms with Gasteiger partial charge in [0, 0.05) is 30.8 Å². The Labute approximate surface area is 141 Å². The lowest BCUT2D eigenvalue weighted by Crippen LogP contribution is -2.43. The topological polar surface area (TPSA) is 62.7 Å². The molecule has 2 aromatic carbocycles. The molecule has 2 heterocycles. The van der Waals surface area contributed by atoms with Crippen molar-refractivity contribution in [3.8, 4) is 22.5 Å². The summed E-state index contributed by atoms with van der Waals surface area (Å²) in [6.45, 7) is 2.70. The van der Waals surface area contributed by atoms with Gasteiger partial charge in [0.15, 0.2) is 5.82 Å². The Morgan fingerprint density at radius 1 is 0.750 bits per heavy atom. The van der Waals surface area contributed by atoms with Gasteiger partial charge in [-0.1, -0.05) is 60.7 Å². The van der Waals surface area contributed by atoms with Gasteiger partial charge in [0.1, 0.15) is 11.4 Å². The molecule has 0 spiro atoms. The number of hydrogen-bond acceptors (Lipinski definition) is 5. The first-order valence-electron chi connectivity index (χ1n) is 8.21. The number of nitrogens with one attached hydrogen (secondary N) is 2. The minimum Gasteiger partial charge on any atom is -0.313 e. The van der Waals surface area contributed by atoms with Crippen LogP contribution in [0.25, 0.3) is 22.5 Å². The molecular weight excluding hydrogens is 298 g/mol. The van der Waals surface area contributed by atoms with E-state index in [-0.39, 0.29) is 6.04 Å². The molecule has 5 heteroatoms. The van der Waals surface area contributed by atoms with Gasteiger partial charge in [-0.15, -0.1) is 10.2 Å². The summed E-state index contributed by atoms with van der Waals surface area (Å²) in [7, 11) is 0. The van der Waals surface area contributed by atoms with Crippen molar-refractivity contribution in [1.29, 1.82) is 0 Å². The Kier molecular flexibility index (Phi) is 4.27. The van der Waals surface area contributed by atoms with E-state index in [2.05, 4.69) is 33.0 Å². The molecule has 4 rings (SSSR count). The van der Waals surface area contributed by atoms with Crippen LogP contribution in [0.5, 0.6) is 0 Å². The molecular formula is C19H19N5. The Balaban J connectivity index is 1.82. The number of nitrogens with zero attached hydrogens (tertiary/aromatic N) is 3. The van der Waals surface area contributed by atoms with Crippen molar-refractivity contribution in [3.05, 3.63) is 66.5 Å². The van der Waals surface area contributed by atoms with Crippen LogP contribution in [0.4, 0.5) is 0 Å². The third-order valence-corrected chi connectivity index (χ3v) is 4.15. The van der Waals surface area contributed by atoms with E-state index in [1.54, 1.807) is 0 Å². The summed E-state index contributed by atoms with van der Waals surface area (Å²) in [5, 5.41) is 15.7. The second-order valence-electron chi connectivity index (χ2n) is 5.81. The van der Waals surface area contributed by atoms with E-state index in [1.807, 2.05) is 48.5 Å². The minimum absolute atomic E-state index is 0.0959. The van der Waals surface area contributed by atoms with Gasteiger partial charge in [-0.2, -0.15) is 0 Å².